The molecular formula is C20H20FN3OS. The van der Waals surface area contributed by atoms with Crippen LogP contribution in [0.25, 0.3) is 17.1 Å². The van der Waals surface area contributed by atoms with Crippen LogP contribution >= 0.6 is 11.8 Å². The van der Waals surface area contributed by atoms with Crippen molar-refractivity contribution >= 4 is 11.8 Å². The first-order chi connectivity index (χ1) is 12.7. The number of rotatable bonds is 5. The van der Waals surface area contributed by atoms with Gasteiger partial charge in [0.2, 0.25) is 0 Å². The van der Waals surface area contributed by atoms with Gasteiger partial charge in [0.15, 0.2) is 11.0 Å². The molecule has 1 aliphatic rings. The van der Waals surface area contributed by atoms with Crippen LogP contribution in [0, 0.1) is 18.7 Å². The summed E-state index contributed by atoms with van der Waals surface area (Å²) >= 11 is 1.65. The molecule has 1 saturated heterocycles. The lowest BCUT2D eigenvalue weighted by atomic mass is 10.2. The number of aryl methyl sites for hydroxylation is 1. The Bertz CT molecular complexity index is 888. The van der Waals surface area contributed by atoms with E-state index in [9.17, 15) is 4.39 Å². The maximum absolute atomic E-state index is 14.4. The third-order valence-corrected chi connectivity index (χ3v) is 5.67. The molecule has 1 aromatic heterocycles. The molecule has 4 nitrogen and oxygen atoms in total. The van der Waals surface area contributed by atoms with E-state index in [4.69, 9.17) is 4.74 Å². The van der Waals surface area contributed by atoms with Gasteiger partial charge in [-0.1, -0.05) is 41.6 Å². The van der Waals surface area contributed by atoms with Gasteiger partial charge in [0.1, 0.15) is 5.82 Å². The topological polar surface area (TPSA) is 39.9 Å². The van der Waals surface area contributed by atoms with Crippen LogP contribution in [0.5, 0.6) is 0 Å². The van der Waals surface area contributed by atoms with E-state index in [-0.39, 0.29) is 5.82 Å². The number of thioether (sulfide) groups is 1. The second kappa shape index (κ2) is 7.60. The standard InChI is InChI=1S/C20H20FN3OS/c1-14-6-8-16(9-7-14)24-19(17-4-2-3-5-18(17)21)22-23-20(24)26-13-15-10-11-25-12-15/h2-9,15H,10-13H2,1H3/t15-/m0/s1. The predicted octanol–water partition coefficient (Wildman–Crippen LogP) is 4.51. The van der Waals surface area contributed by atoms with Crippen LogP contribution in [0.3, 0.4) is 0 Å². The Morgan fingerprint density at radius 1 is 1.15 bits per heavy atom. The molecule has 2 aromatic carbocycles. The van der Waals surface area contributed by atoms with Gasteiger partial charge in [-0.05, 0) is 43.5 Å². The van der Waals surface area contributed by atoms with E-state index in [1.165, 1.54) is 11.6 Å². The van der Waals surface area contributed by atoms with E-state index >= 15 is 0 Å². The summed E-state index contributed by atoms with van der Waals surface area (Å²) in [5, 5.41) is 9.45. The molecule has 2 heterocycles. The highest BCUT2D eigenvalue weighted by Crippen LogP contribution is 2.31. The first-order valence-corrected chi connectivity index (χ1v) is 9.69. The molecule has 1 atom stereocenters. The molecular weight excluding hydrogens is 349 g/mol. The highest BCUT2D eigenvalue weighted by atomic mass is 32.2. The molecule has 1 fully saturated rings. The predicted molar refractivity (Wildman–Crippen MR) is 101 cm³/mol. The second-order valence-corrected chi connectivity index (χ2v) is 7.48. The number of benzene rings is 2. The van der Waals surface area contributed by atoms with Crippen molar-refractivity contribution in [3.8, 4) is 17.1 Å². The minimum absolute atomic E-state index is 0.297. The van der Waals surface area contributed by atoms with Gasteiger partial charge in [0.05, 0.1) is 12.2 Å². The summed E-state index contributed by atoms with van der Waals surface area (Å²) < 4.78 is 21.8. The van der Waals surface area contributed by atoms with Gasteiger partial charge < -0.3 is 4.74 Å². The summed E-state index contributed by atoms with van der Waals surface area (Å²) in [4.78, 5) is 0. The zero-order valence-corrected chi connectivity index (χ0v) is 15.4. The van der Waals surface area contributed by atoms with Gasteiger partial charge in [-0.3, -0.25) is 4.57 Å². The lowest BCUT2D eigenvalue weighted by molar-refractivity contribution is 0.189. The van der Waals surface area contributed by atoms with Crippen LogP contribution in [0.15, 0.2) is 53.7 Å². The Labute approximate surface area is 156 Å². The Kier molecular flexibility index (Phi) is 5.04. The monoisotopic (exact) mass is 369 g/mol. The van der Waals surface area contributed by atoms with Crippen LogP contribution in [0.4, 0.5) is 4.39 Å². The Morgan fingerprint density at radius 3 is 2.69 bits per heavy atom. The number of ether oxygens (including phenoxy) is 1. The summed E-state index contributed by atoms with van der Waals surface area (Å²) in [6.07, 6.45) is 1.08. The number of aromatic nitrogens is 3. The second-order valence-electron chi connectivity index (χ2n) is 6.50. The summed E-state index contributed by atoms with van der Waals surface area (Å²) in [6.45, 7) is 3.67. The normalized spacial score (nSPS) is 16.9. The molecule has 26 heavy (non-hydrogen) atoms. The van der Waals surface area contributed by atoms with Gasteiger partial charge in [0.25, 0.3) is 0 Å². The van der Waals surface area contributed by atoms with Crippen molar-refractivity contribution in [3.63, 3.8) is 0 Å². The van der Waals surface area contributed by atoms with Crippen LogP contribution in [0.2, 0.25) is 0 Å². The maximum atomic E-state index is 14.4. The maximum Gasteiger partial charge on any atom is 0.196 e. The van der Waals surface area contributed by atoms with Crippen LogP contribution in [-0.2, 0) is 4.74 Å². The van der Waals surface area contributed by atoms with Crippen molar-refractivity contribution in [2.75, 3.05) is 19.0 Å². The zero-order valence-electron chi connectivity index (χ0n) is 14.6. The van der Waals surface area contributed by atoms with E-state index < -0.39 is 0 Å². The van der Waals surface area contributed by atoms with Crippen molar-refractivity contribution in [1.29, 1.82) is 0 Å². The fourth-order valence-corrected chi connectivity index (χ4v) is 4.08. The molecule has 0 amide bonds. The summed E-state index contributed by atoms with van der Waals surface area (Å²) in [5.74, 6) is 1.67. The number of hydrogen-bond acceptors (Lipinski definition) is 4. The van der Waals surface area contributed by atoms with Gasteiger partial charge in [-0.2, -0.15) is 0 Å². The van der Waals surface area contributed by atoms with Gasteiger partial charge >= 0.3 is 0 Å². The molecule has 3 aromatic rings. The van der Waals surface area contributed by atoms with Crippen molar-refractivity contribution in [2.24, 2.45) is 5.92 Å². The molecule has 1 aliphatic heterocycles. The summed E-state index contributed by atoms with van der Waals surface area (Å²) in [5.41, 5.74) is 2.56. The Balaban J connectivity index is 1.74. The van der Waals surface area contributed by atoms with Gasteiger partial charge in [0, 0.05) is 18.0 Å². The number of halogens is 1. The zero-order chi connectivity index (χ0) is 17.9. The third kappa shape index (κ3) is 3.52. The molecule has 0 radical (unpaired) electrons. The van der Waals surface area contributed by atoms with Crippen molar-refractivity contribution in [2.45, 2.75) is 18.5 Å². The van der Waals surface area contributed by atoms with Gasteiger partial charge in [-0.15, -0.1) is 10.2 Å². The first kappa shape index (κ1) is 17.2. The van der Waals surface area contributed by atoms with E-state index in [2.05, 4.69) is 10.2 Å². The highest BCUT2D eigenvalue weighted by molar-refractivity contribution is 7.99. The molecule has 0 N–H and O–H groups in total. The fraction of sp³-hybridized carbons (Fsp3) is 0.300. The first-order valence-electron chi connectivity index (χ1n) is 8.70. The van der Waals surface area contributed by atoms with Crippen molar-refractivity contribution in [3.05, 3.63) is 59.9 Å². The average molecular weight is 369 g/mol. The Hall–Kier alpha value is -2.18. The van der Waals surface area contributed by atoms with Crippen LogP contribution in [0.1, 0.15) is 12.0 Å². The quantitative estimate of drug-likeness (QED) is 0.621. The molecule has 0 aliphatic carbocycles. The molecule has 0 unspecified atom stereocenters. The molecule has 0 bridgehead atoms. The number of nitrogens with zero attached hydrogens (tertiary/aromatic N) is 3. The number of hydrogen-bond donors (Lipinski definition) is 0. The molecule has 0 spiro atoms. The molecule has 4 rings (SSSR count). The molecule has 0 saturated carbocycles. The minimum atomic E-state index is -0.297. The molecule has 134 valence electrons. The lowest BCUT2D eigenvalue weighted by Gasteiger charge is -2.12. The van der Waals surface area contributed by atoms with Crippen LogP contribution < -0.4 is 0 Å². The third-order valence-electron chi connectivity index (χ3n) is 4.51. The van der Waals surface area contributed by atoms with Crippen LogP contribution in [-0.4, -0.2) is 33.7 Å². The average Bonchev–Trinajstić information content (AvgIpc) is 3.31. The summed E-state index contributed by atoms with van der Waals surface area (Å²) in [7, 11) is 0. The van der Waals surface area contributed by atoms with Gasteiger partial charge in [-0.25, -0.2) is 4.39 Å². The minimum Gasteiger partial charge on any atom is -0.381 e. The SMILES string of the molecule is Cc1ccc(-n2c(SC[C@H]3CCOC3)nnc2-c2ccccc2F)cc1. The summed E-state index contributed by atoms with van der Waals surface area (Å²) in [6, 6.07) is 14.8. The largest absolute Gasteiger partial charge is 0.381 e. The molecule has 6 heteroatoms. The Morgan fingerprint density at radius 2 is 1.96 bits per heavy atom. The van der Waals surface area contributed by atoms with Crippen molar-refractivity contribution in [1.82, 2.24) is 14.8 Å². The highest BCUT2D eigenvalue weighted by Gasteiger charge is 2.21. The van der Waals surface area contributed by atoms with E-state index in [0.717, 1.165) is 36.2 Å². The smallest absolute Gasteiger partial charge is 0.196 e. The lowest BCUT2D eigenvalue weighted by Crippen LogP contribution is -2.05. The van der Waals surface area contributed by atoms with E-state index in [0.29, 0.717) is 17.3 Å². The van der Waals surface area contributed by atoms with E-state index in [1.807, 2.05) is 41.8 Å². The van der Waals surface area contributed by atoms with Crippen molar-refractivity contribution < 1.29 is 9.13 Å². The van der Waals surface area contributed by atoms with E-state index in [1.54, 1.807) is 23.9 Å². The fourth-order valence-electron chi connectivity index (χ4n) is 3.01.